The summed E-state index contributed by atoms with van der Waals surface area (Å²) in [6.07, 6.45) is 0. The van der Waals surface area contributed by atoms with Gasteiger partial charge in [-0.05, 0) is 54.4 Å². The summed E-state index contributed by atoms with van der Waals surface area (Å²) < 4.78 is 18.9. The molecule has 0 aliphatic carbocycles. The van der Waals surface area contributed by atoms with Gasteiger partial charge in [0.25, 0.3) is 0 Å². The molecule has 3 nitrogen and oxygen atoms in total. The first kappa shape index (κ1) is 17.1. The van der Waals surface area contributed by atoms with Crippen LogP contribution in [0.5, 0.6) is 11.5 Å². The molecule has 1 N–H and O–H groups in total. The molecular formula is C21H20FNO2S. The van der Waals surface area contributed by atoms with E-state index in [2.05, 4.69) is 30.0 Å². The average Bonchev–Trinajstić information content (AvgIpc) is 2.94. The Kier molecular flexibility index (Phi) is 4.66. The number of fused-ring (bicyclic) bond motifs is 1. The third-order valence-electron chi connectivity index (χ3n) is 4.54. The second-order valence-electron chi connectivity index (χ2n) is 6.58. The van der Waals surface area contributed by atoms with Gasteiger partial charge in [0.2, 0.25) is 0 Å². The fraction of sp³-hybridized carbons (Fsp3) is 0.238. The Hall–Kier alpha value is -2.37. The molecule has 0 fully saturated rings. The molecule has 2 heterocycles. The largest absolute Gasteiger partial charge is 0.504 e. The van der Waals surface area contributed by atoms with Crippen LogP contribution in [0, 0.1) is 12.7 Å². The number of rotatable bonds is 3. The Morgan fingerprint density at radius 2 is 1.96 bits per heavy atom. The van der Waals surface area contributed by atoms with E-state index in [9.17, 15) is 9.50 Å². The number of benzene rings is 2. The predicted molar refractivity (Wildman–Crippen MR) is 102 cm³/mol. The third kappa shape index (κ3) is 3.59. The first-order valence-electron chi connectivity index (χ1n) is 8.61. The average molecular weight is 369 g/mol. The molecule has 1 aromatic heterocycles. The first-order valence-corrected chi connectivity index (χ1v) is 9.42. The van der Waals surface area contributed by atoms with E-state index in [4.69, 9.17) is 4.74 Å². The summed E-state index contributed by atoms with van der Waals surface area (Å²) >= 11 is 1.71. The molecule has 5 heteroatoms. The van der Waals surface area contributed by atoms with E-state index in [0.717, 1.165) is 28.1 Å². The van der Waals surface area contributed by atoms with E-state index in [1.807, 2.05) is 12.1 Å². The van der Waals surface area contributed by atoms with E-state index < -0.39 is 0 Å². The molecule has 4 rings (SSSR count). The smallest absolute Gasteiger partial charge is 0.165 e. The Morgan fingerprint density at radius 3 is 2.69 bits per heavy atom. The van der Waals surface area contributed by atoms with Crippen molar-refractivity contribution in [3.8, 4) is 21.9 Å². The zero-order valence-electron chi connectivity index (χ0n) is 14.5. The second kappa shape index (κ2) is 7.09. The minimum Gasteiger partial charge on any atom is -0.504 e. The van der Waals surface area contributed by atoms with Gasteiger partial charge in [0.15, 0.2) is 11.5 Å². The van der Waals surface area contributed by atoms with Gasteiger partial charge in [-0.25, -0.2) is 4.39 Å². The molecule has 0 saturated carbocycles. The Morgan fingerprint density at radius 1 is 1.15 bits per heavy atom. The highest BCUT2D eigenvalue weighted by atomic mass is 32.1. The van der Waals surface area contributed by atoms with Crippen LogP contribution < -0.4 is 4.74 Å². The Labute approximate surface area is 156 Å². The maximum atomic E-state index is 13.1. The number of thiophene rings is 1. The van der Waals surface area contributed by atoms with Gasteiger partial charge in [0.1, 0.15) is 12.4 Å². The minimum absolute atomic E-state index is 0.187. The van der Waals surface area contributed by atoms with Crippen LogP contribution in [-0.2, 0) is 13.1 Å². The fourth-order valence-corrected chi connectivity index (χ4v) is 4.12. The van der Waals surface area contributed by atoms with Crippen molar-refractivity contribution in [2.45, 2.75) is 20.0 Å². The SMILES string of the molecule is Cc1ccc(-c2cc(O)c3c(c2)CN(Cc2ccc(F)cc2)CCO3)s1. The van der Waals surface area contributed by atoms with Crippen LogP contribution >= 0.6 is 11.3 Å². The number of ether oxygens (including phenoxy) is 1. The number of halogens is 1. The van der Waals surface area contributed by atoms with Crippen LogP contribution in [0.25, 0.3) is 10.4 Å². The van der Waals surface area contributed by atoms with Gasteiger partial charge in [-0.1, -0.05) is 12.1 Å². The lowest BCUT2D eigenvalue weighted by molar-refractivity contribution is 0.217. The summed E-state index contributed by atoms with van der Waals surface area (Å²) in [6, 6.07) is 14.6. The highest BCUT2D eigenvalue weighted by molar-refractivity contribution is 7.15. The van der Waals surface area contributed by atoms with Crippen molar-refractivity contribution in [1.29, 1.82) is 0 Å². The predicted octanol–water partition coefficient (Wildman–Crippen LogP) is 4.96. The number of aryl methyl sites for hydroxylation is 1. The zero-order valence-corrected chi connectivity index (χ0v) is 15.4. The van der Waals surface area contributed by atoms with Crippen molar-refractivity contribution in [3.63, 3.8) is 0 Å². The summed E-state index contributed by atoms with van der Waals surface area (Å²) in [7, 11) is 0. The second-order valence-corrected chi connectivity index (χ2v) is 7.87. The quantitative estimate of drug-likeness (QED) is 0.708. The van der Waals surface area contributed by atoms with E-state index in [-0.39, 0.29) is 11.6 Å². The number of phenols is 1. The molecule has 0 radical (unpaired) electrons. The number of phenolic OH excluding ortho intramolecular Hbond substituents is 1. The minimum atomic E-state index is -0.223. The molecule has 2 aromatic carbocycles. The lowest BCUT2D eigenvalue weighted by Gasteiger charge is -2.19. The topological polar surface area (TPSA) is 32.7 Å². The highest BCUT2D eigenvalue weighted by Gasteiger charge is 2.20. The molecule has 0 bridgehead atoms. The van der Waals surface area contributed by atoms with Crippen LogP contribution in [0.3, 0.4) is 0 Å². The van der Waals surface area contributed by atoms with Gasteiger partial charge < -0.3 is 9.84 Å². The van der Waals surface area contributed by atoms with Crippen LogP contribution in [0.1, 0.15) is 16.0 Å². The van der Waals surface area contributed by atoms with E-state index >= 15 is 0 Å². The lowest BCUT2D eigenvalue weighted by atomic mass is 10.1. The van der Waals surface area contributed by atoms with E-state index in [1.165, 1.54) is 17.0 Å². The monoisotopic (exact) mass is 369 g/mol. The van der Waals surface area contributed by atoms with Gasteiger partial charge in [-0.2, -0.15) is 0 Å². The number of nitrogens with zero attached hydrogens (tertiary/aromatic N) is 1. The summed E-state index contributed by atoms with van der Waals surface area (Å²) in [6.45, 7) is 4.73. The molecule has 0 amide bonds. The molecular weight excluding hydrogens is 349 g/mol. The van der Waals surface area contributed by atoms with Gasteiger partial charge in [0, 0.05) is 35.0 Å². The molecule has 1 aliphatic rings. The number of hydrogen-bond acceptors (Lipinski definition) is 4. The summed E-state index contributed by atoms with van der Waals surface area (Å²) in [5.41, 5.74) is 3.04. The van der Waals surface area contributed by atoms with Crippen molar-refractivity contribution in [3.05, 3.63) is 70.4 Å². The molecule has 0 atom stereocenters. The first-order chi connectivity index (χ1) is 12.6. The maximum Gasteiger partial charge on any atom is 0.165 e. The lowest BCUT2D eigenvalue weighted by Crippen LogP contribution is -2.25. The molecule has 1 aliphatic heterocycles. The summed E-state index contributed by atoms with van der Waals surface area (Å²) in [4.78, 5) is 4.63. The molecule has 3 aromatic rings. The molecule has 0 spiro atoms. The van der Waals surface area contributed by atoms with Crippen molar-refractivity contribution in [2.24, 2.45) is 0 Å². The summed E-state index contributed by atoms with van der Waals surface area (Å²) in [5, 5.41) is 10.5. The van der Waals surface area contributed by atoms with Crippen molar-refractivity contribution in [2.75, 3.05) is 13.2 Å². The third-order valence-corrected chi connectivity index (χ3v) is 5.59. The van der Waals surface area contributed by atoms with Crippen LogP contribution in [0.15, 0.2) is 48.5 Å². The molecule has 0 saturated heterocycles. The van der Waals surface area contributed by atoms with Crippen LogP contribution in [0.4, 0.5) is 4.39 Å². The number of hydrogen-bond donors (Lipinski definition) is 1. The molecule has 0 unspecified atom stereocenters. The molecule has 134 valence electrons. The fourth-order valence-electron chi connectivity index (χ4n) is 3.27. The standard InChI is InChI=1S/C21H20FNO2S/c1-14-2-7-20(26-14)16-10-17-13-23(8-9-25-21(17)19(24)11-16)12-15-3-5-18(22)6-4-15/h2-7,10-11,24H,8-9,12-13H2,1H3. The van der Waals surface area contributed by atoms with Gasteiger partial charge in [-0.3, -0.25) is 4.90 Å². The van der Waals surface area contributed by atoms with Crippen LogP contribution in [-0.4, -0.2) is 23.2 Å². The Balaban J connectivity index is 1.62. The number of aromatic hydroxyl groups is 1. The van der Waals surface area contributed by atoms with Crippen molar-refractivity contribution < 1.29 is 14.2 Å². The van der Waals surface area contributed by atoms with Crippen molar-refractivity contribution >= 4 is 11.3 Å². The van der Waals surface area contributed by atoms with E-state index in [0.29, 0.717) is 25.4 Å². The van der Waals surface area contributed by atoms with Crippen LogP contribution in [0.2, 0.25) is 0 Å². The summed E-state index contributed by atoms with van der Waals surface area (Å²) in [5.74, 6) is 0.537. The van der Waals surface area contributed by atoms with Gasteiger partial charge >= 0.3 is 0 Å². The zero-order chi connectivity index (χ0) is 18.1. The van der Waals surface area contributed by atoms with E-state index in [1.54, 1.807) is 17.4 Å². The normalized spacial score (nSPS) is 14.5. The van der Waals surface area contributed by atoms with Crippen molar-refractivity contribution in [1.82, 2.24) is 4.90 Å². The van der Waals surface area contributed by atoms with Gasteiger partial charge in [0.05, 0.1) is 0 Å². The maximum absolute atomic E-state index is 13.1. The highest BCUT2D eigenvalue weighted by Crippen LogP contribution is 2.39. The Bertz CT molecular complexity index is 920. The molecule has 26 heavy (non-hydrogen) atoms. The van der Waals surface area contributed by atoms with Gasteiger partial charge in [-0.15, -0.1) is 11.3 Å².